The number of hydrogen-bond donors (Lipinski definition) is 3. The van der Waals surface area contributed by atoms with Gasteiger partial charge in [-0.25, -0.2) is 8.42 Å². The van der Waals surface area contributed by atoms with E-state index in [4.69, 9.17) is 4.74 Å². The van der Waals surface area contributed by atoms with Gasteiger partial charge in [-0.05, 0) is 42.8 Å². The second-order valence-corrected chi connectivity index (χ2v) is 8.90. The number of ether oxygens (including phenoxy) is 1. The predicted molar refractivity (Wildman–Crippen MR) is 113 cm³/mol. The van der Waals surface area contributed by atoms with Gasteiger partial charge in [-0.2, -0.15) is 4.31 Å². The molecule has 0 radical (unpaired) electrons. The van der Waals surface area contributed by atoms with Gasteiger partial charge in [0.2, 0.25) is 10.0 Å². The van der Waals surface area contributed by atoms with Gasteiger partial charge in [-0.3, -0.25) is 9.59 Å². The maximum atomic E-state index is 12.7. The first-order valence-corrected chi connectivity index (χ1v) is 11.4. The summed E-state index contributed by atoms with van der Waals surface area (Å²) in [6.07, 6.45) is 0.488. The fourth-order valence-corrected chi connectivity index (χ4v) is 4.53. The summed E-state index contributed by atoms with van der Waals surface area (Å²) in [7, 11) is -3.68. The molecule has 0 bridgehead atoms. The molecule has 3 N–H and O–H groups in total. The van der Waals surface area contributed by atoms with E-state index in [1.54, 1.807) is 18.2 Å². The molecule has 0 aromatic heterocycles. The first kappa shape index (κ1) is 22.7. The van der Waals surface area contributed by atoms with Gasteiger partial charge in [0.1, 0.15) is 5.75 Å². The first-order chi connectivity index (χ1) is 14.9. The Hall–Kier alpha value is -2.95. The molecule has 31 heavy (non-hydrogen) atoms. The molecule has 0 atom stereocenters. The quantitative estimate of drug-likeness (QED) is 0.518. The molecule has 0 spiro atoms. The van der Waals surface area contributed by atoms with Crippen LogP contribution in [-0.2, 0) is 14.8 Å². The molecular weight excluding hydrogens is 422 g/mol. The highest BCUT2D eigenvalue weighted by molar-refractivity contribution is 7.89. The van der Waals surface area contributed by atoms with Crippen LogP contribution in [0.3, 0.4) is 0 Å². The van der Waals surface area contributed by atoms with Gasteiger partial charge >= 0.3 is 0 Å². The van der Waals surface area contributed by atoms with Crippen molar-refractivity contribution in [3.8, 4) is 5.75 Å². The molecule has 166 valence electrons. The van der Waals surface area contributed by atoms with Gasteiger partial charge < -0.3 is 20.5 Å². The van der Waals surface area contributed by atoms with Crippen molar-refractivity contribution < 1.29 is 27.9 Å². The van der Waals surface area contributed by atoms with Gasteiger partial charge in [-0.15, -0.1) is 0 Å². The molecule has 1 heterocycles. The number of hydrogen-bond acceptors (Lipinski definition) is 6. The topological polar surface area (TPSA) is 125 Å². The normalized spacial score (nSPS) is 14.7. The lowest BCUT2D eigenvalue weighted by Crippen LogP contribution is -2.40. The van der Waals surface area contributed by atoms with E-state index in [0.717, 1.165) is 0 Å². The van der Waals surface area contributed by atoms with Crippen molar-refractivity contribution in [2.75, 3.05) is 39.4 Å². The number of benzene rings is 2. The van der Waals surface area contributed by atoms with E-state index in [0.29, 0.717) is 38.3 Å². The Morgan fingerprint density at radius 2 is 1.52 bits per heavy atom. The Bertz CT molecular complexity index is 1030. The first-order valence-electron chi connectivity index (χ1n) is 9.91. The summed E-state index contributed by atoms with van der Waals surface area (Å²) in [5, 5.41) is 14.8. The highest BCUT2D eigenvalue weighted by Gasteiger charge is 2.26. The Labute approximate surface area is 181 Å². The molecule has 2 aromatic rings. The highest BCUT2D eigenvalue weighted by atomic mass is 32.2. The van der Waals surface area contributed by atoms with Crippen LogP contribution in [0.5, 0.6) is 5.75 Å². The van der Waals surface area contributed by atoms with Crippen LogP contribution in [0.25, 0.3) is 0 Å². The number of carbonyl (C=O) groups is 2. The Morgan fingerprint density at radius 3 is 2.13 bits per heavy atom. The van der Waals surface area contributed by atoms with Crippen molar-refractivity contribution in [3.05, 3.63) is 59.7 Å². The van der Waals surface area contributed by atoms with Crippen LogP contribution in [0.1, 0.15) is 27.1 Å². The molecule has 0 aliphatic carbocycles. The van der Waals surface area contributed by atoms with Gasteiger partial charge in [-0.1, -0.05) is 12.1 Å². The molecule has 1 fully saturated rings. The Kier molecular flexibility index (Phi) is 7.61. The van der Waals surface area contributed by atoms with Gasteiger partial charge in [0.25, 0.3) is 11.8 Å². The molecular formula is C21H25N3O6S. The Morgan fingerprint density at radius 1 is 0.935 bits per heavy atom. The monoisotopic (exact) mass is 447 g/mol. The second kappa shape index (κ2) is 10.4. The standard InChI is InChI=1S/C21H25N3O6S/c25-18-6-1-4-16(14-18)20(26)22-8-3-9-23-21(27)17-5-2-7-19(15-17)31(28,29)24-10-12-30-13-11-24/h1-2,4-7,14-15,25H,3,8-13H2,(H,22,26)(H,23,27). The zero-order chi connectivity index (χ0) is 22.3. The number of phenolic OH excluding ortho intramolecular Hbond substituents is 1. The number of nitrogens with one attached hydrogen (secondary N) is 2. The van der Waals surface area contributed by atoms with Crippen molar-refractivity contribution in [2.24, 2.45) is 0 Å². The molecule has 0 unspecified atom stereocenters. The Balaban J connectivity index is 1.48. The summed E-state index contributed by atoms with van der Waals surface area (Å²) in [5.41, 5.74) is 0.598. The number of phenols is 1. The SMILES string of the molecule is O=C(NCCCNC(=O)c1cccc(S(=O)(=O)N2CCOCC2)c1)c1cccc(O)c1. The molecule has 2 amide bonds. The maximum absolute atomic E-state index is 12.7. The summed E-state index contributed by atoms with van der Waals surface area (Å²) in [6, 6.07) is 12.0. The summed E-state index contributed by atoms with van der Waals surface area (Å²) in [6.45, 7) is 1.91. The van der Waals surface area contributed by atoms with Crippen LogP contribution in [0.15, 0.2) is 53.4 Å². The minimum Gasteiger partial charge on any atom is -0.508 e. The molecule has 1 saturated heterocycles. The van der Waals surface area contributed by atoms with Crippen LogP contribution in [0.4, 0.5) is 0 Å². The molecule has 1 aliphatic rings. The lowest BCUT2D eigenvalue weighted by Gasteiger charge is -2.26. The van der Waals surface area contributed by atoms with Gasteiger partial charge in [0.15, 0.2) is 0 Å². The lowest BCUT2D eigenvalue weighted by atomic mass is 10.2. The van der Waals surface area contributed by atoms with Gasteiger partial charge in [0, 0.05) is 37.3 Å². The third kappa shape index (κ3) is 6.03. The largest absolute Gasteiger partial charge is 0.508 e. The lowest BCUT2D eigenvalue weighted by molar-refractivity contribution is 0.0730. The number of sulfonamides is 1. The predicted octanol–water partition coefficient (Wildman–Crippen LogP) is 0.963. The molecule has 3 rings (SSSR count). The number of rotatable bonds is 8. The number of morpholine rings is 1. The molecule has 9 nitrogen and oxygen atoms in total. The molecule has 1 aliphatic heterocycles. The van der Waals surface area contributed by atoms with Crippen LogP contribution >= 0.6 is 0 Å². The van der Waals surface area contributed by atoms with E-state index in [1.165, 1.54) is 34.6 Å². The summed E-state index contributed by atoms with van der Waals surface area (Å²) in [5.74, 6) is -0.695. The smallest absolute Gasteiger partial charge is 0.251 e. The molecule has 0 saturated carbocycles. The molecule has 2 aromatic carbocycles. The third-order valence-corrected chi connectivity index (χ3v) is 6.63. The fourth-order valence-electron chi connectivity index (χ4n) is 3.08. The number of nitrogens with zero attached hydrogens (tertiary/aromatic N) is 1. The zero-order valence-electron chi connectivity index (χ0n) is 16.9. The van der Waals surface area contributed by atoms with E-state index in [2.05, 4.69) is 10.6 Å². The summed E-state index contributed by atoms with van der Waals surface area (Å²) >= 11 is 0. The molecule has 10 heteroatoms. The highest BCUT2D eigenvalue weighted by Crippen LogP contribution is 2.18. The van der Waals surface area contributed by atoms with Crippen molar-refractivity contribution in [3.63, 3.8) is 0 Å². The van der Waals surface area contributed by atoms with E-state index in [-0.39, 0.29) is 35.2 Å². The fraction of sp³-hybridized carbons (Fsp3) is 0.333. The average Bonchev–Trinajstić information content (AvgIpc) is 2.79. The second-order valence-electron chi connectivity index (χ2n) is 6.96. The van der Waals surface area contributed by atoms with Crippen molar-refractivity contribution in [1.29, 1.82) is 0 Å². The summed E-state index contributed by atoms with van der Waals surface area (Å²) in [4.78, 5) is 24.5. The van der Waals surface area contributed by atoms with Crippen LogP contribution in [0.2, 0.25) is 0 Å². The van der Waals surface area contributed by atoms with Crippen molar-refractivity contribution >= 4 is 21.8 Å². The van der Waals surface area contributed by atoms with E-state index in [9.17, 15) is 23.1 Å². The minimum absolute atomic E-state index is 0.0118. The zero-order valence-corrected chi connectivity index (χ0v) is 17.7. The minimum atomic E-state index is -3.68. The van der Waals surface area contributed by atoms with Crippen molar-refractivity contribution in [2.45, 2.75) is 11.3 Å². The van der Waals surface area contributed by atoms with E-state index >= 15 is 0 Å². The maximum Gasteiger partial charge on any atom is 0.251 e. The van der Waals surface area contributed by atoms with Gasteiger partial charge in [0.05, 0.1) is 18.1 Å². The van der Waals surface area contributed by atoms with E-state index < -0.39 is 15.9 Å². The number of carbonyl (C=O) groups excluding carboxylic acids is 2. The van der Waals surface area contributed by atoms with Crippen molar-refractivity contribution in [1.82, 2.24) is 14.9 Å². The van der Waals surface area contributed by atoms with Crippen LogP contribution in [-0.4, -0.2) is 69.0 Å². The van der Waals surface area contributed by atoms with Crippen LogP contribution < -0.4 is 10.6 Å². The number of amides is 2. The van der Waals surface area contributed by atoms with E-state index in [1.807, 2.05) is 0 Å². The summed E-state index contributed by atoms with van der Waals surface area (Å²) < 4.78 is 32.0. The number of aromatic hydroxyl groups is 1. The van der Waals surface area contributed by atoms with Crippen LogP contribution in [0, 0.1) is 0 Å². The third-order valence-electron chi connectivity index (χ3n) is 4.74. The average molecular weight is 448 g/mol.